The molecule has 1 aromatic heterocycles. The number of amides is 1. The minimum Gasteiger partial charge on any atom is -0.468 e. The van der Waals surface area contributed by atoms with E-state index in [-0.39, 0.29) is 12.6 Å². The molecule has 146 valence electrons. The Morgan fingerprint density at radius 3 is 2.56 bits per heavy atom. The molecule has 1 heterocycles. The second-order valence-electron chi connectivity index (χ2n) is 6.69. The molecule has 0 radical (unpaired) electrons. The number of sulfonamides is 1. The van der Waals surface area contributed by atoms with Crippen LogP contribution in [0.15, 0.2) is 52.0 Å². The summed E-state index contributed by atoms with van der Waals surface area (Å²) in [5.41, 5.74) is 0. The largest absolute Gasteiger partial charge is 0.468 e. The first-order valence-corrected chi connectivity index (χ1v) is 10.5. The fourth-order valence-electron chi connectivity index (χ4n) is 3.28. The van der Waals surface area contributed by atoms with Gasteiger partial charge in [-0.05, 0) is 37.1 Å². The van der Waals surface area contributed by atoms with Crippen LogP contribution in [-0.4, -0.2) is 31.2 Å². The molecule has 1 fully saturated rings. The van der Waals surface area contributed by atoms with Gasteiger partial charge in [0.1, 0.15) is 16.5 Å². The van der Waals surface area contributed by atoms with E-state index in [2.05, 4.69) is 5.32 Å². The maximum Gasteiger partial charge on any atom is 0.246 e. The van der Waals surface area contributed by atoms with Crippen LogP contribution < -0.4 is 5.32 Å². The van der Waals surface area contributed by atoms with E-state index in [0.29, 0.717) is 5.76 Å². The van der Waals surface area contributed by atoms with Crippen LogP contribution in [0.5, 0.6) is 0 Å². The van der Waals surface area contributed by atoms with E-state index < -0.39 is 33.2 Å². The zero-order chi connectivity index (χ0) is 19.3. The molecular formula is C19H23FN2O4S. The topological polar surface area (TPSA) is 79.6 Å². The quantitative estimate of drug-likeness (QED) is 0.783. The van der Waals surface area contributed by atoms with Crippen LogP contribution in [0, 0.1) is 5.82 Å². The molecule has 2 aromatic rings. The Morgan fingerprint density at radius 1 is 1.15 bits per heavy atom. The van der Waals surface area contributed by atoms with Crippen LogP contribution in [0.25, 0.3) is 0 Å². The Bertz CT molecular complexity index is 862. The van der Waals surface area contributed by atoms with E-state index >= 15 is 0 Å². The van der Waals surface area contributed by atoms with Crippen molar-refractivity contribution in [2.75, 3.05) is 6.54 Å². The molecule has 0 atom stereocenters. The van der Waals surface area contributed by atoms with Crippen molar-refractivity contribution in [2.24, 2.45) is 0 Å². The van der Waals surface area contributed by atoms with Crippen molar-refractivity contribution in [1.82, 2.24) is 9.62 Å². The Hall–Kier alpha value is -2.19. The van der Waals surface area contributed by atoms with Gasteiger partial charge in [0.15, 0.2) is 0 Å². The van der Waals surface area contributed by atoms with Gasteiger partial charge in [-0.3, -0.25) is 4.79 Å². The number of nitrogens with one attached hydrogen (secondary N) is 1. The van der Waals surface area contributed by atoms with Crippen LogP contribution >= 0.6 is 0 Å². The SMILES string of the molecule is O=C(CN(Cc1ccco1)S(=O)(=O)c1ccccc1F)NC1CCCCC1. The van der Waals surface area contributed by atoms with E-state index in [1.165, 1.54) is 24.5 Å². The maximum absolute atomic E-state index is 14.1. The van der Waals surface area contributed by atoms with Crippen LogP contribution in [0.3, 0.4) is 0 Å². The number of hydrogen-bond acceptors (Lipinski definition) is 4. The zero-order valence-electron chi connectivity index (χ0n) is 14.9. The molecule has 1 amide bonds. The summed E-state index contributed by atoms with van der Waals surface area (Å²) in [5, 5.41) is 2.90. The lowest BCUT2D eigenvalue weighted by atomic mass is 9.95. The first-order valence-electron chi connectivity index (χ1n) is 9.03. The highest BCUT2D eigenvalue weighted by Crippen LogP contribution is 2.22. The van der Waals surface area contributed by atoms with Crippen molar-refractivity contribution in [3.8, 4) is 0 Å². The minimum absolute atomic E-state index is 0.0629. The Morgan fingerprint density at radius 2 is 1.89 bits per heavy atom. The lowest BCUT2D eigenvalue weighted by Gasteiger charge is -2.25. The summed E-state index contributed by atoms with van der Waals surface area (Å²) in [6.07, 6.45) is 6.46. The maximum atomic E-state index is 14.1. The predicted molar refractivity (Wildman–Crippen MR) is 97.7 cm³/mol. The Labute approximate surface area is 158 Å². The third-order valence-electron chi connectivity index (χ3n) is 4.66. The zero-order valence-corrected chi connectivity index (χ0v) is 15.8. The van der Waals surface area contributed by atoms with Crippen LogP contribution in [0.2, 0.25) is 0 Å². The average Bonchev–Trinajstić information content (AvgIpc) is 3.15. The fraction of sp³-hybridized carbons (Fsp3) is 0.421. The van der Waals surface area contributed by atoms with Crippen LogP contribution in [-0.2, 0) is 21.4 Å². The molecule has 0 aliphatic heterocycles. The van der Waals surface area contributed by atoms with Crippen molar-refractivity contribution in [3.05, 3.63) is 54.2 Å². The van der Waals surface area contributed by atoms with Gasteiger partial charge in [-0.1, -0.05) is 31.4 Å². The molecule has 6 nitrogen and oxygen atoms in total. The smallest absolute Gasteiger partial charge is 0.246 e. The molecule has 1 aliphatic rings. The van der Waals surface area contributed by atoms with Gasteiger partial charge in [0, 0.05) is 6.04 Å². The number of benzene rings is 1. The molecule has 1 saturated carbocycles. The molecule has 3 rings (SSSR count). The Kier molecular flexibility index (Phi) is 6.28. The molecule has 8 heteroatoms. The number of furan rings is 1. The summed E-state index contributed by atoms with van der Waals surface area (Å²) < 4.78 is 46.2. The number of halogens is 1. The first-order chi connectivity index (χ1) is 13.0. The molecule has 0 spiro atoms. The van der Waals surface area contributed by atoms with E-state index in [0.717, 1.165) is 42.5 Å². The second-order valence-corrected chi connectivity index (χ2v) is 8.59. The molecule has 0 bridgehead atoms. The lowest BCUT2D eigenvalue weighted by molar-refractivity contribution is -0.122. The highest BCUT2D eigenvalue weighted by molar-refractivity contribution is 7.89. The van der Waals surface area contributed by atoms with Gasteiger partial charge in [-0.15, -0.1) is 0 Å². The van der Waals surface area contributed by atoms with E-state index in [4.69, 9.17) is 4.42 Å². The number of rotatable bonds is 7. The van der Waals surface area contributed by atoms with Crippen molar-refractivity contribution in [2.45, 2.75) is 49.6 Å². The van der Waals surface area contributed by atoms with Crippen LogP contribution in [0.1, 0.15) is 37.9 Å². The second kappa shape index (κ2) is 8.67. The normalized spacial score (nSPS) is 15.8. The van der Waals surface area contributed by atoms with Gasteiger partial charge < -0.3 is 9.73 Å². The summed E-state index contributed by atoms with van der Waals surface area (Å²) in [5.74, 6) is -0.872. The monoisotopic (exact) mass is 394 g/mol. The van der Waals surface area contributed by atoms with Crippen molar-refractivity contribution in [1.29, 1.82) is 0 Å². The molecule has 0 saturated heterocycles. The standard InChI is InChI=1S/C19H23FN2O4S/c20-17-10-4-5-11-18(17)27(24,25)22(13-16-9-6-12-26-16)14-19(23)21-15-7-2-1-3-8-15/h4-6,9-12,15H,1-3,7-8,13-14H2,(H,21,23). The third kappa shape index (κ3) is 4.95. The molecule has 1 aliphatic carbocycles. The fourth-order valence-corrected chi connectivity index (χ4v) is 4.70. The minimum atomic E-state index is -4.21. The number of hydrogen-bond donors (Lipinski definition) is 1. The van der Waals surface area contributed by atoms with Crippen molar-refractivity contribution < 1.29 is 22.0 Å². The highest BCUT2D eigenvalue weighted by atomic mass is 32.2. The molecule has 1 N–H and O–H groups in total. The number of nitrogens with zero attached hydrogens (tertiary/aromatic N) is 1. The summed E-state index contributed by atoms with van der Waals surface area (Å²) in [7, 11) is -4.21. The van der Waals surface area contributed by atoms with Crippen LogP contribution in [0.4, 0.5) is 4.39 Å². The summed E-state index contributed by atoms with van der Waals surface area (Å²) in [6.45, 7) is -0.546. The Balaban J connectivity index is 1.80. The summed E-state index contributed by atoms with van der Waals surface area (Å²) >= 11 is 0. The van der Waals surface area contributed by atoms with Gasteiger partial charge in [-0.25, -0.2) is 12.8 Å². The van der Waals surface area contributed by atoms with Gasteiger partial charge in [0.25, 0.3) is 0 Å². The summed E-state index contributed by atoms with van der Waals surface area (Å²) in [4.78, 5) is 12.0. The molecule has 0 unspecified atom stereocenters. The molecule has 27 heavy (non-hydrogen) atoms. The van der Waals surface area contributed by atoms with E-state index in [9.17, 15) is 17.6 Å². The van der Waals surface area contributed by atoms with E-state index in [1.54, 1.807) is 12.1 Å². The highest BCUT2D eigenvalue weighted by Gasteiger charge is 2.30. The van der Waals surface area contributed by atoms with Gasteiger partial charge in [0.2, 0.25) is 15.9 Å². The van der Waals surface area contributed by atoms with Gasteiger partial charge >= 0.3 is 0 Å². The lowest BCUT2D eigenvalue weighted by Crippen LogP contribution is -2.44. The van der Waals surface area contributed by atoms with Crippen molar-refractivity contribution in [3.63, 3.8) is 0 Å². The van der Waals surface area contributed by atoms with Gasteiger partial charge in [-0.2, -0.15) is 4.31 Å². The van der Waals surface area contributed by atoms with E-state index in [1.807, 2.05) is 0 Å². The predicted octanol–water partition coefficient (Wildman–Crippen LogP) is 3.06. The average molecular weight is 394 g/mol. The third-order valence-corrected chi connectivity index (χ3v) is 6.48. The number of carbonyl (C=O) groups excluding carboxylic acids is 1. The van der Waals surface area contributed by atoms with Gasteiger partial charge in [0.05, 0.1) is 19.4 Å². The van der Waals surface area contributed by atoms with Crippen molar-refractivity contribution >= 4 is 15.9 Å². The first kappa shape index (κ1) is 19.6. The molecule has 1 aromatic carbocycles. The number of carbonyl (C=O) groups is 1. The molecular weight excluding hydrogens is 371 g/mol. The summed E-state index contributed by atoms with van der Waals surface area (Å²) in [6, 6.07) is 8.45.